The third-order valence-electron chi connectivity index (χ3n) is 2.84. The van der Waals surface area contributed by atoms with Gasteiger partial charge in [-0.1, -0.05) is 0 Å². The third-order valence-corrected chi connectivity index (χ3v) is 2.84. The van der Waals surface area contributed by atoms with Gasteiger partial charge in [-0.15, -0.1) is 0 Å². The Morgan fingerprint density at radius 3 is 2.40 bits per heavy atom. The molecule has 1 aliphatic rings. The van der Waals surface area contributed by atoms with Gasteiger partial charge in [0, 0.05) is 24.4 Å². The summed E-state index contributed by atoms with van der Waals surface area (Å²) < 4.78 is 5.32. The van der Waals surface area contributed by atoms with Crippen LogP contribution in [0.4, 0.5) is 0 Å². The van der Waals surface area contributed by atoms with E-state index in [1.54, 1.807) is 0 Å². The number of esters is 1. The van der Waals surface area contributed by atoms with E-state index >= 15 is 0 Å². The fourth-order valence-electron chi connectivity index (χ4n) is 2.56. The van der Waals surface area contributed by atoms with E-state index in [2.05, 4.69) is 33.0 Å². The Balaban J connectivity index is 2.69. The Hall–Kier alpha value is -0.570. The second kappa shape index (κ2) is 4.12. The van der Waals surface area contributed by atoms with E-state index in [0.717, 1.165) is 19.3 Å². The lowest BCUT2D eigenvalue weighted by atomic mass is 9.96. The summed E-state index contributed by atoms with van der Waals surface area (Å²) in [5.74, 6) is -0.171. The SMILES string of the molecule is CC(=O)OC1CCC(C)(C)NC(C)(C)C1. The molecule has 0 amide bonds. The van der Waals surface area contributed by atoms with Crippen molar-refractivity contribution in [2.75, 3.05) is 0 Å². The number of hydrogen-bond donors (Lipinski definition) is 1. The molecule has 1 atom stereocenters. The highest BCUT2D eigenvalue weighted by Gasteiger charge is 2.35. The van der Waals surface area contributed by atoms with Crippen LogP contribution in [0.1, 0.15) is 53.9 Å². The predicted octanol–water partition coefficient (Wildman–Crippen LogP) is 2.25. The van der Waals surface area contributed by atoms with Crippen molar-refractivity contribution in [3.63, 3.8) is 0 Å². The van der Waals surface area contributed by atoms with Crippen molar-refractivity contribution < 1.29 is 9.53 Å². The summed E-state index contributed by atoms with van der Waals surface area (Å²) in [6.07, 6.45) is 2.93. The van der Waals surface area contributed by atoms with Crippen LogP contribution >= 0.6 is 0 Å². The molecule has 1 fully saturated rings. The molecule has 0 radical (unpaired) electrons. The highest BCUT2D eigenvalue weighted by atomic mass is 16.5. The maximum absolute atomic E-state index is 11.0. The van der Waals surface area contributed by atoms with Gasteiger partial charge >= 0.3 is 5.97 Å². The lowest BCUT2D eigenvalue weighted by Crippen LogP contribution is -2.50. The molecular weight excluding hydrogens is 190 g/mol. The van der Waals surface area contributed by atoms with Gasteiger partial charge in [0.05, 0.1) is 0 Å². The van der Waals surface area contributed by atoms with Gasteiger partial charge in [-0.05, 0) is 40.5 Å². The fourth-order valence-corrected chi connectivity index (χ4v) is 2.56. The minimum atomic E-state index is -0.171. The normalized spacial score (nSPS) is 29.3. The molecule has 88 valence electrons. The number of rotatable bonds is 1. The molecule has 1 heterocycles. The molecule has 0 aromatic heterocycles. The van der Waals surface area contributed by atoms with E-state index in [9.17, 15) is 4.79 Å². The molecule has 0 aliphatic carbocycles. The predicted molar refractivity (Wildman–Crippen MR) is 60.7 cm³/mol. The Labute approximate surface area is 92.6 Å². The first kappa shape index (κ1) is 12.5. The van der Waals surface area contributed by atoms with Crippen LogP contribution in [0.3, 0.4) is 0 Å². The summed E-state index contributed by atoms with van der Waals surface area (Å²) in [6.45, 7) is 10.2. The fraction of sp³-hybridized carbons (Fsp3) is 0.917. The van der Waals surface area contributed by atoms with Gasteiger partial charge in [-0.2, -0.15) is 0 Å². The van der Waals surface area contributed by atoms with Crippen LogP contribution in [0.25, 0.3) is 0 Å². The molecule has 15 heavy (non-hydrogen) atoms. The topological polar surface area (TPSA) is 38.3 Å². The first-order valence-corrected chi connectivity index (χ1v) is 5.67. The van der Waals surface area contributed by atoms with Gasteiger partial charge < -0.3 is 10.1 Å². The molecule has 1 aliphatic heterocycles. The zero-order chi connectivity index (χ0) is 11.7. The van der Waals surface area contributed by atoms with Crippen molar-refractivity contribution in [3.05, 3.63) is 0 Å². The van der Waals surface area contributed by atoms with E-state index in [4.69, 9.17) is 4.74 Å². The average Bonchev–Trinajstić information content (AvgIpc) is 2.04. The van der Waals surface area contributed by atoms with Crippen molar-refractivity contribution in [1.82, 2.24) is 5.32 Å². The second-order valence-electron chi connectivity index (χ2n) is 5.87. The number of hydrogen-bond acceptors (Lipinski definition) is 3. The van der Waals surface area contributed by atoms with Crippen molar-refractivity contribution in [1.29, 1.82) is 0 Å². The van der Waals surface area contributed by atoms with Crippen LogP contribution in [-0.4, -0.2) is 23.2 Å². The molecule has 0 aromatic carbocycles. The standard InChI is InChI=1S/C12H23NO2/c1-9(14)15-10-6-7-11(2,3)13-12(4,5)8-10/h10,13H,6-8H2,1-5H3. The largest absolute Gasteiger partial charge is 0.462 e. The maximum atomic E-state index is 11.0. The van der Waals surface area contributed by atoms with E-state index in [-0.39, 0.29) is 23.2 Å². The maximum Gasteiger partial charge on any atom is 0.302 e. The Kier molecular flexibility index (Phi) is 3.44. The van der Waals surface area contributed by atoms with Crippen molar-refractivity contribution in [2.45, 2.75) is 71.1 Å². The average molecular weight is 213 g/mol. The molecule has 0 saturated carbocycles. The van der Waals surface area contributed by atoms with Crippen LogP contribution in [-0.2, 0) is 9.53 Å². The Bertz CT molecular complexity index is 246. The van der Waals surface area contributed by atoms with Crippen LogP contribution in [0.2, 0.25) is 0 Å². The van der Waals surface area contributed by atoms with Crippen LogP contribution < -0.4 is 5.32 Å². The lowest BCUT2D eigenvalue weighted by Gasteiger charge is -2.34. The zero-order valence-electron chi connectivity index (χ0n) is 10.5. The van der Waals surface area contributed by atoms with Gasteiger partial charge in [-0.25, -0.2) is 0 Å². The third kappa shape index (κ3) is 4.20. The van der Waals surface area contributed by atoms with Gasteiger partial charge in [0.2, 0.25) is 0 Å². The van der Waals surface area contributed by atoms with Crippen molar-refractivity contribution >= 4 is 5.97 Å². The van der Waals surface area contributed by atoms with Crippen molar-refractivity contribution in [3.8, 4) is 0 Å². The first-order chi connectivity index (χ1) is 6.70. The second-order valence-corrected chi connectivity index (χ2v) is 5.87. The molecule has 0 bridgehead atoms. The highest BCUT2D eigenvalue weighted by Crippen LogP contribution is 2.28. The van der Waals surface area contributed by atoms with Gasteiger partial charge in [0.1, 0.15) is 6.10 Å². The summed E-state index contributed by atoms with van der Waals surface area (Å²) >= 11 is 0. The van der Waals surface area contributed by atoms with E-state index < -0.39 is 0 Å². The quantitative estimate of drug-likeness (QED) is 0.679. The molecule has 0 spiro atoms. The van der Waals surface area contributed by atoms with Crippen LogP contribution in [0, 0.1) is 0 Å². The smallest absolute Gasteiger partial charge is 0.302 e. The molecular formula is C12H23NO2. The van der Waals surface area contributed by atoms with Crippen LogP contribution in [0.5, 0.6) is 0 Å². The number of carbonyl (C=O) groups is 1. The molecule has 3 heteroatoms. The molecule has 1 unspecified atom stereocenters. The minimum absolute atomic E-state index is 0.0279. The minimum Gasteiger partial charge on any atom is -0.462 e. The summed E-state index contributed by atoms with van der Waals surface area (Å²) in [7, 11) is 0. The van der Waals surface area contributed by atoms with Gasteiger partial charge in [0.15, 0.2) is 0 Å². The molecule has 1 saturated heterocycles. The van der Waals surface area contributed by atoms with E-state index in [0.29, 0.717) is 0 Å². The van der Waals surface area contributed by atoms with Gasteiger partial charge in [-0.3, -0.25) is 4.79 Å². The summed E-state index contributed by atoms with van der Waals surface area (Å²) in [5.41, 5.74) is 0.151. The Morgan fingerprint density at radius 1 is 1.27 bits per heavy atom. The van der Waals surface area contributed by atoms with Crippen LogP contribution in [0.15, 0.2) is 0 Å². The number of nitrogens with one attached hydrogen (secondary N) is 1. The summed E-state index contributed by atoms with van der Waals surface area (Å²) in [5, 5.41) is 3.61. The molecule has 1 N–H and O–H groups in total. The molecule has 1 rings (SSSR count). The lowest BCUT2D eigenvalue weighted by molar-refractivity contribution is -0.147. The van der Waals surface area contributed by atoms with Gasteiger partial charge in [0.25, 0.3) is 0 Å². The number of ether oxygens (including phenoxy) is 1. The summed E-state index contributed by atoms with van der Waals surface area (Å²) in [6, 6.07) is 0. The zero-order valence-corrected chi connectivity index (χ0v) is 10.5. The molecule has 3 nitrogen and oxygen atoms in total. The Morgan fingerprint density at radius 2 is 1.87 bits per heavy atom. The highest BCUT2D eigenvalue weighted by molar-refractivity contribution is 5.66. The molecule has 0 aromatic rings. The van der Waals surface area contributed by atoms with E-state index in [1.165, 1.54) is 6.92 Å². The van der Waals surface area contributed by atoms with E-state index in [1.807, 2.05) is 0 Å². The van der Waals surface area contributed by atoms with Crippen molar-refractivity contribution in [2.24, 2.45) is 0 Å². The number of carbonyl (C=O) groups excluding carboxylic acids is 1. The summed E-state index contributed by atoms with van der Waals surface area (Å²) in [4.78, 5) is 11.0. The monoisotopic (exact) mass is 213 g/mol. The first-order valence-electron chi connectivity index (χ1n) is 5.67.